The van der Waals surface area contributed by atoms with E-state index < -0.39 is 0 Å². The number of nitriles is 1. The number of benzene rings is 1. The van der Waals surface area contributed by atoms with Gasteiger partial charge in [-0.2, -0.15) is 10.4 Å². The van der Waals surface area contributed by atoms with E-state index in [0.717, 1.165) is 70.9 Å². The van der Waals surface area contributed by atoms with Gasteiger partial charge >= 0.3 is 0 Å². The monoisotopic (exact) mass is 502 g/mol. The summed E-state index contributed by atoms with van der Waals surface area (Å²) in [4.78, 5) is 9.83. The summed E-state index contributed by atoms with van der Waals surface area (Å²) in [7, 11) is 0. The van der Waals surface area contributed by atoms with E-state index in [1.54, 1.807) is 6.07 Å². The fraction of sp³-hybridized carbons (Fsp3) is 0.500. The summed E-state index contributed by atoms with van der Waals surface area (Å²) in [5, 5.41) is 13.5. The number of piperazine rings is 2. The van der Waals surface area contributed by atoms with Crippen molar-refractivity contribution in [2.45, 2.75) is 37.9 Å². The van der Waals surface area contributed by atoms with E-state index in [4.69, 9.17) is 5.73 Å². The number of hydrogen-bond acceptors (Lipinski definition) is 7. The van der Waals surface area contributed by atoms with Crippen LogP contribution in [0, 0.1) is 17.1 Å². The van der Waals surface area contributed by atoms with E-state index in [-0.39, 0.29) is 5.82 Å². The first-order valence-corrected chi connectivity index (χ1v) is 13.4. The SMILES string of the molecule is CC1CN(c2ccc(C#N)n3ncc(F)c23)CC2CN(CCc3ccc(N4CCC(N)C4)cc3)CCN12. The lowest BCUT2D eigenvalue weighted by Crippen LogP contribution is -2.65. The maximum absolute atomic E-state index is 14.7. The Kier molecular flexibility index (Phi) is 6.49. The highest BCUT2D eigenvalue weighted by atomic mass is 19.1. The summed E-state index contributed by atoms with van der Waals surface area (Å²) in [6.45, 7) is 10.1. The average Bonchev–Trinajstić information content (AvgIpc) is 3.53. The molecule has 0 aliphatic carbocycles. The molecular weight excluding hydrogens is 467 g/mol. The fourth-order valence-electron chi connectivity index (χ4n) is 6.40. The van der Waals surface area contributed by atoms with Crippen LogP contribution in [0.1, 0.15) is 24.6 Å². The summed E-state index contributed by atoms with van der Waals surface area (Å²) in [6, 6.07) is 15.8. The van der Waals surface area contributed by atoms with Crippen molar-refractivity contribution in [3.05, 3.63) is 59.7 Å². The van der Waals surface area contributed by atoms with Crippen LogP contribution in [0.3, 0.4) is 0 Å². The number of nitrogens with zero attached hydrogens (tertiary/aromatic N) is 7. The second-order valence-corrected chi connectivity index (χ2v) is 10.8. The van der Waals surface area contributed by atoms with Gasteiger partial charge in [0.2, 0.25) is 0 Å². The molecule has 6 rings (SSSR count). The Morgan fingerprint density at radius 1 is 1.03 bits per heavy atom. The smallest absolute Gasteiger partial charge is 0.171 e. The third-order valence-electron chi connectivity index (χ3n) is 8.39. The zero-order chi connectivity index (χ0) is 25.5. The molecule has 3 aliphatic heterocycles. The van der Waals surface area contributed by atoms with Crippen molar-refractivity contribution in [2.75, 3.05) is 62.2 Å². The Morgan fingerprint density at radius 2 is 1.86 bits per heavy atom. The number of hydrogen-bond donors (Lipinski definition) is 1. The molecule has 1 aromatic carbocycles. The quantitative estimate of drug-likeness (QED) is 0.574. The normalized spacial score (nSPS) is 25.0. The number of rotatable bonds is 5. The van der Waals surface area contributed by atoms with Gasteiger partial charge in [-0.3, -0.25) is 4.90 Å². The zero-order valence-electron chi connectivity index (χ0n) is 21.4. The van der Waals surface area contributed by atoms with Crippen molar-refractivity contribution in [1.82, 2.24) is 19.4 Å². The Balaban J connectivity index is 1.11. The van der Waals surface area contributed by atoms with E-state index in [0.29, 0.717) is 29.3 Å². The maximum atomic E-state index is 14.7. The third-order valence-corrected chi connectivity index (χ3v) is 8.39. The largest absolute Gasteiger partial charge is 0.370 e. The van der Waals surface area contributed by atoms with Crippen LogP contribution in [0.15, 0.2) is 42.6 Å². The maximum Gasteiger partial charge on any atom is 0.171 e. The molecule has 2 N–H and O–H groups in total. The molecule has 0 spiro atoms. The first-order chi connectivity index (χ1) is 18.0. The van der Waals surface area contributed by atoms with Gasteiger partial charge in [-0.05, 0) is 49.6 Å². The van der Waals surface area contributed by atoms with Gasteiger partial charge in [0.25, 0.3) is 0 Å². The molecule has 0 saturated carbocycles. The molecule has 5 heterocycles. The number of aromatic nitrogens is 2. The van der Waals surface area contributed by atoms with Crippen molar-refractivity contribution >= 4 is 16.9 Å². The van der Waals surface area contributed by atoms with E-state index in [2.05, 4.69) is 62.0 Å². The number of fused-ring (bicyclic) bond motifs is 2. The molecule has 194 valence electrons. The second kappa shape index (κ2) is 9.93. The standard InChI is InChI=1S/C28H35FN8/c1-20-16-35(27-7-6-24(14-30)37-28(27)26(29)15-32-37)19-25-18-33(12-13-36(20)25)10-8-21-2-4-23(5-3-21)34-11-9-22(31)17-34/h2-7,15,20,22,25H,8-13,16-19,31H2,1H3. The Bertz CT molecular complexity index is 1300. The zero-order valence-corrected chi connectivity index (χ0v) is 21.4. The van der Waals surface area contributed by atoms with Gasteiger partial charge in [0.05, 0.1) is 11.9 Å². The van der Waals surface area contributed by atoms with Crippen LogP contribution in [0.5, 0.6) is 0 Å². The minimum absolute atomic E-state index is 0.291. The molecule has 8 nitrogen and oxygen atoms in total. The molecule has 3 saturated heterocycles. The van der Waals surface area contributed by atoms with E-state index in [1.807, 2.05) is 6.07 Å². The average molecular weight is 503 g/mol. The van der Waals surface area contributed by atoms with Gasteiger partial charge in [0.15, 0.2) is 5.82 Å². The summed E-state index contributed by atoms with van der Waals surface area (Å²) in [6.07, 6.45) is 3.30. The van der Waals surface area contributed by atoms with Gasteiger partial charge in [-0.1, -0.05) is 12.1 Å². The van der Waals surface area contributed by atoms with E-state index in [1.165, 1.54) is 22.0 Å². The van der Waals surface area contributed by atoms with Crippen LogP contribution in [0.2, 0.25) is 0 Å². The third kappa shape index (κ3) is 4.65. The van der Waals surface area contributed by atoms with Gasteiger partial charge in [-0.25, -0.2) is 8.91 Å². The van der Waals surface area contributed by atoms with Crippen LogP contribution in [0.25, 0.3) is 5.52 Å². The van der Waals surface area contributed by atoms with Crippen molar-refractivity contribution in [3.63, 3.8) is 0 Å². The molecule has 9 heteroatoms. The molecule has 0 bridgehead atoms. The topological polar surface area (TPSA) is 80.1 Å². The van der Waals surface area contributed by atoms with Crippen LogP contribution < -0.4 is 15.5 Å². The highest BCUT2D eigenvalue weighted by Crippen LogP contribution is 2.30. The molecular formula is C28H35FN8. The second-order valence-electron chi connectivity index (χ2n) is 10.8. The van der Waals surface area contributed by atoms with Gasteiger partial charge < -0.3 is 20.4 Å². The molecule has 3 atom stereocenters. The van der Waals surface area contributed by atoms with Gasteiger partial charge in [0.1, 0.15) is 17.3 Å². The minimum Gasteiger partial charge on any atom is -0.370 e. The highest BCUT2D eigenvalue weighted by molar-refractivity contribution is 5.75. The van der Waals surface area contributed by atoms with Gasteiger partial charge in [0, 0.05) is 76.2 Å². The Morgan fingerprint density at radius 3 is 2.62 bits per heavy atom. The van der Waals surface area contributed by atoms with Crippen LogP contribution in [-0.4, -0.2) is 89.9 Å². The molecule has 37 heavy (non-hydrogen) atoms. The Hall–Kier alpha value is -3.19. The van der Waals surface area contributed by atoms with Gasteiger partial charge in [-0.15, -0.1) is 0 Å². The molecule has 2 aromatic heterocycles. The fourth-order valence-corrected chi connectivity index (χ4v) is 6.40. The molecule has 0 amide bonds. The van der Waals surface area contributed by atoms with Crippen LogP contribution >= 0.6 is 0 Å². The summed E-state index contributed by atoms with van der Waals surface area (Å²) < 4.78 is 16.1. The molecule has 3 fully saturated rings. The first-order valence-electron chi connectivity index (χ1n) is 13.4. The number of nitrogens with two attached hydrogens (primary N) is 1. The number of pyridine rings is 1. The van der Waals surface area contributed by atoms with Crippen molar-refractivity contribution in [3.8, 4) is 6.07 Å². The summed E-state index contributed by atoms with van der Waals surface area (Å²) >= 11 is 0. The predicted octanol–water partition coefficient (Wildman–Crippen LogP) is 2.32. The lowest BCUT2D eigenvalue weighted by atomic mass is 10.0. The van der Waals surface area contributed by atoms with E-state index >= 15 is 0 Å². The molecule has 3 unspecified atom stereocenters. The lowest BCUT2D eigenvalue weighted by Gasteiger charge is -2.51. The lowest BCUT2D eigenvalue weighted by molar-refractivity contribution is 0.0356. The molecule has 0 radical (unpaired) electrons. The highest BCUT2D eigenvalue weighted by Gasteiger charge is 2.37. The number of halogens is 1. The van der Waals surface area contributed by atoms with Crippen molar-refractivity contribution < 1.29 is 4.39 Å². The van der Waals surface area contributed by atoms with E-state index in [9.17, 15) is 9.65 Å². The summed E-state index contributed by atoms with van der Waals surface area (Å²) in [5.74, 6) is -0.383. The van der Waals surface area contributed by atoms with Crippen LogP contribution in [-0.2, 0) is 6.42 Å². The van der Waals surface area contributed by atoms with Crippen molar-refractivity contribution in [1.29, 1.82) is 5.26 Å². The van der Waals surface area contributed by atoms with Crippen LogP contribution in [0.4, 0.5) is 15.8 Å². The predicted molar refractivity (Wildman–Crippen MR) is 143 cm³/mol. The molecule has 3 aromatic rings. The summed E-state index contributed by atoms with van der Waals surface area (Å²) in [5.41, 5.74) is 10.3. The number of anilines is 2. The molecule has 3 aliphatic rings. The first kappa shape index (κ1) is 24.2. The Labute approximate surface area is 217 Å². The minimum atomic E-state index is -0.383. The van der Waals surface area contributed by atoms with Crippen molar-refractivity contribution in [2.24, 2.45) is 5.73 Å².